The molecule has 3 aromatic rings. The lowest BCUT2D eigenvalue weighted by Gasteiger charge is -2.11. The second-order valence-electron chi connectivity index (χ2n) is 5.76. The number of nitrogen functional groups attached to an aromatic ring is 1. The number of rotatable bonds is 5. The number of hydrogen-bond acceptors (Lipinski definition) is 5. The first-order valence-electron chi connectivity index (χ1n) is 8.10. The van der Waals surface area contributed by atoms with Gasteiger partial charge in [0.2, 0.25) is 0 Å². The summed E-state index contributed by atoms with van der Waals surface area (Å²) in [5, 5.41) is 3.10. The maximum atomic E-state index is 12.6. The van der Waals surface area contributed by atoms with Crippen LogP contribution in [-0.2, 0) is 11.9 Å². The Bertz CT molecular complexity index is 977. The van der Waals surface area contributed by atoms with E-state index >= 15 is 0 Å². The number of aromatic nitrogens is 2. The Morgan fingerprint density at radius 3 is 2.50 bits per heavy atom. The summed E-state index contributed by atoms with van der Waals surface area (Å²) >= 11 is 1.35. The molecular weight excluding hydrogens is 389 g/mol. The second-order valence-corrected chi connectivity index (χ2v) is 6.73. The van der Waals surface area contributed by atoms with Crippen molar-refractivity contribution in [1.82, 2.24) is 9.97 Å². The third-order valence-electron chi connectivity index (χ3n) is 3.71. The van der Waals surface area contributed by atoms with E-state index in [-0.39, 0.29) is 5.69 Å². The summed E-state index contributed by atoms with van der Waals surface area (Å²) in [5.74, 6) is 0.480. The second kappa shape index (κ2) is 8.30. The van der Waals surface area contributed by atoms with E-state index in [0.29, 0.717) is 22.2 Å². The minimum absolute atomic E-state index is 0.264. The highest BCUT2D eigenvalue weighted by atomic mass is 32.2. The molecule has 0 aliphatic carbocycles. The van der Waals surface area contributed by atoms with Crippen molar-refractivity contribution >= 4 is 29.2 Å². The molecule has 0 saturated heterocycles. The van der Waals surface area contributed by atoms with E-state index in [1.165, 1.54) is 23.9 Å². The normalized spacial score (nSPS) is 11.2. The fraction of sp³-hybridized carbons (Fsp3) is 0.105. The van der Waals surface area contributed by atoms with Gasteiger partial charge in [-0.15, -0.1) is 11.8 Å². The molecule has 0 saturated carbocycles. The number of amides is 1. The predicted octanol–water partition coefficient (Wildman–Crippen LogP) is 4.62. The van der Waals surface area contributed by atoms with Gasteiger partial charge in [-0.05, 0) is 54.1 Å². The number of thioether (sulfide) groups is 1. The fourth-order valence-corrected chi connectivity index (χ4v) is 3.29. The van der Waals surface area contributed by atoms with E-state index in [1.807, 2.05) is 6.07 Å². The van der Waals surface area contributed by atoms with Crippen LogP contribution in [-0.4, -0.2) is 15.9 Å². The Labute approximate surface area is 163 Å². The molecule has 0 radical (unpaired) electrons. The van der Waals surface area contributed by atoms with Gasteiger partial charge in [0.05, 0.1) is 11.1 Å². The van der Waals surface area contributed by atoms with Crippen LogP contribution in [0.15, 0.2) is 66.0 Å². The average molecular weight is 404 g/mol. The van der Waals surface area contributed by atoms with Crippen molar-refractivity contribution in [3.63, 3.8) is 0 Å². The summed E-state index contributed by atoms with van der Waals surface area (Å²) < 4.78 is 37.9. The molecule has 1 aromatic carbocycles. The summed E-state index contributed by atoms with van der Waals surface area (Å²) in [4.78, 5) is 20.7. The topological polar surface area (TPSA) is 80.9 Å². The highest BCUT2D eigenvalue weighted by Crippen LogP contribution is 2.30. The van der Waals surface area contributed by atoms with Gasteiger partial charge in [0.1, 0.15) is 10.8 Å². The molecule has 144 valence electrons. The predicted molar refractivity (Wildman–Crippen MR) is 102 cm³/mol. The van der Waals surface area contributed by atoms with Crippen molar-refractivity contribution in [1.29, 1.82) is 0 Å². The molecule has 0 fully saturated rings. The lowest BCUT2D eigenvalue weighted by atomic mass is 10.2. The first-order chi connectivity index (χ1) is 13.3. The monoisotopic (exact) mass is 404 g/mol. The smallest absolute Gasteiger partial charge is 0.384 e. The van der Waals surface area contributed by atoms with E-state index in [2.05, 4.69) is 15.3 Å². The number of pyridine rings is 2. The largest absolute Gasteiger partial charge is 0.416 e. The van der Waals surface area contributed by atoms with E-state index in [9.17, 15) is 18.0 Å². The molecule has 28 heavy (non-hydrogen) atoms. The molecule has 0 bridgehead atoms. The summed E-state index contributed by atoms with van der Waals surface area (Å²) in [7, 11) is 0. The zero-order valence-corrected chi connectivity index (χ0v) is 15.2. The number of carbonyl (C=O) groups is 1. The number of hydrogen-bond donors (Lipinski definition) is 2. The Morgan fingerprint density at radius 2 is 1.82 bits per heavy atom. The first kappa shape index (κ1) is 19.7. The lowest BCUT2D eigenvalue weighted by Crippen LogP contribution is -2.14. The SMILES string of the molecule is Nc1cc(CSc2ncccc2C(=O)Nc2ccc(C(F)(F)F)cc2)ccn1. The van der Waals surface area contributed by atoms with Crippen LogP contribution in [0.2, 0.25) is 0 Å². The quantitative estimate of drug-likeness (QED) is 0.607. The van der Waals surface area contributed by atoms with Crippen molar-refractivity contribution in [3.05, 3.63) is 77.6 Å². The standard InChI is InChI=1S/C19H15F3N4OS/c20-19(21,22)13-3-5-14(6-4-13)26-17(27)15-2-1-8-25-18(15)28-11-12-7-9-24-16(23)10-12/h1-10H,11H2,(H2,23,24)(H,26,27). The van der Waals surface area contributed by atoms with Crippen molar-refractivity contribution in [2.24, 2.45) is 0 Å². The maximum absolute atomic E-state index is 12.6. The number of halogens is 3. The number of nitrogens with two attached hydrogens (primary N) is 1. The summed E-state index contributed by atoms with van der Waals surface area (Å²) in [6.45, 7) is 0. The number of benzene rings is 1. The minimum Gasteiger partial charge on any atom is -0.384 e. The van der Waals surface area contributed by atoms with Crippen LogP contribution in [0.25, 0.3) is 0 Å². The minimum atomic E-state index is -4.42. The van der Waals surface area contributed by atoms with E-state index in [0.717, 1.165) is 17.7 Å². The average Bonchev–Trinajstić information content (AvgIpc) is 2.66. The molecule has 0 aliphatic rings. The van der Waals surface area contributed by atoms with Crippen LogP contribution in [0.1, 0.15) is 21.5 Å². The van der Waals surface area contributed by atoms with Gasteiger partial charge in [-0.1, -0.05) is 0 Å². The van der Waals surface area contributed by atoms with Gasteiger partial charge >= 0.3 is 6.18 Å². The van der Waals surface area contributed by atoms with Crippen molar-refractivity contribution in [2.75, 3.05) is 11.1 Å². The molecule has 0 aliphatic heterocycles. The van der Waals surface area contributed by atoms with Crippen molar-refractivity contribution in [2.45, 2.75) is 17.0 Å². The van der Waals surface area contributed by atoms with Crippen LogP contribution in [0, 0.1) is 0 Å². The van der Waals surface area contributed by atoms with Crippen LogP contribution < -0.4 is 11.1 Å². The van der Waals surface area contributed by atoms with Crippen LogP contribution in [0.5, 0.6) is 0 Å². The van der Waals surface area contributed by atoms with Crippen molar-refractivity contribution in [3.8, 4) is 0 Å². The van der Waals surface area contributed by atoms with Gasteiger partial charge in [-0.2, -0.15) is 13.2 Å². The number of anilines is 2. The van der Waals surface area contributed by atoms with Gasteiger partial charge in [0.25, 0.3) is 5.91 Å². The van der Waals surface area contributed by atoms with E-state index in [1.54, 1.807) is 30.6 Å². The van der Waals surface area contributed by atoms with E-state index < -0.39 is 17.6 Å². The van der Waals surface area contributed by atoms with Crippen LogP contribution in [0.3, 0.4) is 0 Å². The zero-order chi connectivity index (χ0) is 20.1. The Morgan fingerprint density at radius 1 is 1.07 bits per heavy atom. The lowest BCUT2D eigenvalue weighted by molar-refractivity contribution is -0.137. The van der Waals surface area contributed by atoms with Crippen LogP contribution in [0.4, 0.5) is 24.7 Å². The summed E-state index contributed by atoms with van der Waals surface area (Å²) in [6.07, 6.45) is -1.26. The van der Waals surface area contributed by atoms with Gasteiger partial charge in [-0.3, -0.25) is 4.79 Å². The third-order valence-corrected chi connectivity index (χ3v) is 4.78. The van der Waals surface area contributed by atoms with Gasteiger partial charge < -0.3 is 11.1 Å². The Hall–Kier alpha value is -3.07. The maximum Gasteiger partial charge on any atom is 0.416 e. The fourth-order valence-electron chi connectivity index (χ4n) is 2.36. The Kier molecular flexibility index (Phi) is 5.84. The first-order valence-corrected chi connectivity index (χ1v) is 9.08. The van der Waals surface area contributed by atoms with Gasteiger partial charge in [-0.25, -0.2) is 9.97 Å². The molecule has 1 amide bonds. The Balaban J connectivity index is 1.72. The number of alkyl halides is 3. The number of nitrogens with zero attached hydrogens (tertiary/aromatic N) is 2. The van der Waals surface area contributed by atoms with Gasteiger partial charge in [0, 0.05) is 23.8 Å². The molecule has 0 unspecified atom stereocenters. The molecule has 3 N–H and O–H groups in total. The van der Waals surface area contributed by atoms with Crippen molar-refractivity contribution < 1.29 is 18.0 Å². The molecule has 0 atom stereocenters. The third kappa shape index (κ3) is 5.01. The molecule has 0 spiro atoms. The van der Waals surface area contributed by atoms with Gasteiger partial charge in [0.15, 0.2) is 0 Å². The summed E-state index contributed by atoms with van der Waals surface area (Å²) in [6, 6.07) is 11.0. The number of carbonyl (C=O) groups excluding carboxylic acids is 1. The molecule has 9 heteroatoms. The molecule has 2 heterocycles. The molecule has 2 aromatic heterocycles. The molecule has 3 rings (SSSR count). The zero-order valence-electron chi connectivity index (χ0n) is 14.4. The van der Waals surface area contributed by atoms with E-state index in [4.69, 9.17) is 5.73 Å². The highest BCUT2D eigenvalue weighted by molar-refractivity contribution is 7.98. The number of nitrogens with one attached hydrogen (secondary N) is 1. The molecular formula is C19H15F3N4OS. The molecule has 5 nitrogen and oxygen atoms in total. The van der Waals surface area contributed by atoms with Crippen LogP contribution >= 0.6 is 11.8 Å². The highest BCUT2D eigenvalue weighted by Gasteiger charge is 2.30. The summed E-state index contributed by atoms with van der Waals surface area (Å²) in [5.41, 5.74) is 6.40.